The second-order valence-corrected chi connectivity index (χ2v) is 15.3. The summed E-state index contributed by atoms with van der Waals surface area (Å²) >= 11 is 21.3. The summed E-state index contributed by atoms with van der Waals surface area (Å²) in [5.74, 6) is 1.03. The highest BCUT2D eigenvalue weighted by Crippen LogP contribution is 2.49. The van der Waals surface area contributed by atoms with Gasteiger partial charge in [-0.05, 0) is 96.0 Å². The van der Waals surface area contributed by atoms with Crippen LogP contribution in [0.1, 0.15) is 82.3 Å². The Kier molecular flexibility index (Phi) is 9.04. The fraction of sp³-hybridized carbons (Fsp3) is 0.351. The predicted octanol–water partition coefficient (Wildman–Crippen LogP) is 11.3. The fourth-order valence-electron chi connectivity index (χ4n) is 6.82. The zero-order chi connectivity index (χ0) is 32.2. The first-order valence-electron chi connectivity index (χ1n) is 15.4. The lowest BCUT2D eigenvalue weighted by atomic mass is 9.66. The average Bonchev–Trinajstić information content (AvgIpc) is 3.42. The van der Waals surface area contributed by atoms with Gasteiger partial charge in [0.25, 0.3) is 5.69 Å². The van der Waals surface area contributed by atoms with E-state index in [0.29, 0.717) is 21.1 Å². The summed E-state index contributed by atoms with van der Waals surface area (Å²) < 4.78 is 16.7. The lowest BCUT2D eigenvalue weighted by molar-refractivity contribution is -0.655. The van der Waals surface area contributed by atoms with Crippen LogP contribution in [0, 0.1) is 17.7 Å². The maximum Gasteiger partial charge on any atom is 0.257 e. The van der Waals surface area contributed by atoms with Gasteiger partial charge in [0.05, 0.1) is 20.6 Å². The highest BCUT2D eigenvalue weighted by Gasteiger charge is 2.45. The Morgan fingerprint density at radius 1 is 0.978 bits per heavy atom. The topological polar surface area (TPSA) is 32.6 Å². The van der Waals surface area contributed by atoms with Crippen LogP contribution in [0.15, 0.2) is 82.8 Å². The summed E-state index contributed by atoms with van der Waals surface area (Å²) in [6.07, 6.45) is 3.25. The number of hydrogen-bond acceptors (Lipinski definition) is 2. The monoisotopic (exact) mass is 680 g/mol. The van der Waals surface area contributed by atoms with Crippen molar-refractivity contribution in [2.45, 2.75) is 71.1 Å². The van der Waals surface area contributed by atoms with Gasteiger partial charge in [0, 0.05) is 16.3 Å². The van der Waals surface area contributed by atoms with E-state index in [-0.39, 0.29) is 29.0 Å². The third kappa shape index (κ3) is 6.26. The van der Waals surface area contributed by atoms with Crippen molar-refractivity contribution in [1.29, 1.82) is 0 Å². The van der Waals surface area contributed by atoms with Crippen LogP contribution in [-0.4, -0.2) is 10.3 Å². The molecule has 0 fully saturated rings. The van der Waals surface area contributed by atoms with Gasteiger partial charge in [-0.25, -0.2) is 4.39 Å². The number of nitrogens with one attached hydrogen (secondary N) is 1. The molecule has 0 bridgehead atoms. The molecule has 234 valence electrons. The summed E-state index contributed by atoms with van der Waals surface area (Å²) in [5.41, 5.74) is 8.74. The van der Waals surface area contributed by atoms with Crippen LogP contribution in [0.5, 0.6) is 0 Å². The molecule has 2 aliphatic rings. The van der Waals surface area contributed by atoms with Gasteiger partial charge in [0.2, 0.25) is 5.69 Å². The molecule has 3 nitrogen and oxygen atoms in total. The molecule has 4 unspecified atom stereocenters. The van der Waals surface area contributed by atoms with E-state index in [2.05, 4.69) is 86.9 Å². The predicted molar refractivity (Wildman–Crippen MR) is 187 cm³/mol. The molecule has 0 spiro atoms. The number of benzene rings is 3. The Morgan fingerprint density at radius 3 is 2.42 bits per heavy atom. The van der Waals surface area contributed by atoms with Crippen LogP contribution in [0.25, 0.3) is 11.3 Å². The molecule has 6 rings (SSSR count). The van der Waals surface area contributed by atoms with E-state index in [1.54, 1.807) is 6.07 Å². The van der Waals surface area contributed by atoms with Gasteiger partial charge in [0.15, 0.2) is 6.04 Å². The Bertz CT molecular complexity index is 1840. The van der Waals surface area contributed by atoms with Crippen molar-refractivity contribution < 1.29 is 9.07 Å². The molecule has 8 heteroatoms. The van der Waals surface area contributed by atoms with Gasteiger partial charge >= 0.3 is 0 Å². The number of aromatic nitrogens is 3. The van der Waals surface area contributed by atoms with E-state index in [9.17, 15) is 4.39 Å². The van der Waals surface area contributed by atoms with E-state index in [4.69, 9.17) is 34.8 Å². The van der Waals surface area contributed by atoms with Gasteiger partial charge < -0.3 is 0 Å². The maximum absolute atomic E-state index is 14.7. The van der Waals surface area contributed by atoms with Crippen molar-refractivity contribution >= 4 is 46.6 Å². The van der Waals surface area contributed by atoms with E-state index in [1.807, 2.05) is 36.0 Å². The van der Waals surface area contributed by atoms with Crippen molar-refractivity contribution in [2.75, 3.05) is 0 Å². The number of aromatic amines is 1. The molecule has 2 heterocycles. The molecule has 1 aliphatic heterocycles. The molecule has 0 saturated heterocycles. The summed E-state index contributed by atoms with van der Waals surface area (Å²) in [7, 11) is 0. The van der Waals surface area contributed by atoms with Crippen molar-refractivity contribution in [2.24, 2.45) is 11.8 Å². The Morgan fingerprint density at radius 2 is 1.73 bits per heavy atom. The van der Waals surface area contributed by atoms with Crippen molar-refractivity contribution in [1.82, 2.24) is 10.3 Å². The first-order valence-corrected chi connectivity index (χ1v) is 17.5. The molecule has 0 amide bonds. The van der Waals surface area contributed by atoms with Crippen LogP contribution < -0.4 is 4.68 Å². The highest BCUT2D eigenvalue weighted by atomic mass is 35.5. The largest absolute Gasteiger partial charge is 0.257 e. The molecule has 45 heavy (non-hydrogen) atoms. The lowest BCUT2D eigenvalue weighted by Crippen LogP contribution is -2.29. The standard InChI is InChI=1S/C37H37Cl3FN3S/c1-20-14-30(37(5,6)26-11-13-32(39)33(40)17-26)22(3)28(25-8-7-9-27(41)16-25)18-34(21(20)2)45-19-24-10-12-31(38)29(15-24)35-36-23(4)44(36)43-42-35/h7-17,20,22-23,28H,18-19H2,1-6H3/p+1. The van der Waals surface area contributed by atoms with Gasteiger partial charge in [0.1, 0.15) is 5.82 Å². The number of thioether (sulfide) groups is 1. The molecule has 1 aliphatic carbocycles. The second-order valence-electron chi connectivity index (χ2n) is 13.0. The average molecular weight is 682 g/mol. The fourth-order valence-corrected chi connectivity index (χ4v) is 8.56. The number of nitrogens with zero attached hydrogens (tertiary/aromatic N) is 2. The van der Waals surface area contributed by atoms with Crippen LogP contribution in [-0.2, 0) is 11.2 Å². The molecule has 1 N–H and O–H groups in total. The van der Waals surface area contributed by atoms with Crippen LogP contribution in [0.3, 0.4) is 0 Å². The normalized spacial score (nSPS) is 21.7. The molecule has 3 aromatic carbocycles. The van der Waals surface area contributed by atoms with Crippen molar-refractivity contribution in [3.05, 3.63) is 126 Å². The Balaban J connectivity index is 1.36. The minimum absolute atomic E-state index is 0.0809. The number of halogens is 4. The first-order chi connectivity index (χ1) is 21.4. The number of allylic oxidation sites excluding steroid dienone is 4. The summed E-state index contributed by atoms with van der Waals surface area (Å²) in [5, 5.41) is 9.38. The summed E-state index contributed by atoms with van der Waals surface area (Å²) in [6.45, 7) is 13.5. The van der Waals surface area contributed by atoms with E-state index in [0.717, 1.165) is 34.6 Å². The molecule has 0 radical (unpaired) electrons. The zero-order valence-electron chi connectivity index (χ0n) is 26.4. The van der Waals surface area contributed by atoms with Crippen LogP contribution >= 0.6 is 46.6 Å². The van der Waals surface area contributed by atoms with Gasteiger partial charge in [-0.3, -0.25) is 0 Å². The Hall–Kier alpha value is -2.57. The Labute approximate surface area is 284 Å². The number of H-pyrrole nitrogens is 1. The molecular weight excluding hydrogens is 644 g/mol. The van der Waals surface area contributed by atoms with Crippen molar-refractivity contribution in [3.8, 4) is 11.3 Å². The first kappa shape index (κ1) is 32.4. The smallest absolute Gasteiger partial charge is 0.207 e. The molecule has 4 aromatic rings. The van der Waals surface area contributed by atoms with Crippen LogP contribution in [0.2, 0.25) is 15.1 Å². The van der Waals surface area contributed by atoms with Crippen LogP contribution in [0.4, 0.5) is 4.39 Å². The third-order valence-electron chi connectivity index (χ3n) is 9.88. The van der Waals surface area contributed by atoms with E-state index < -0.39 is 0 Å². The number of rotatable bonds is 7. The van der Waals surface area contributed by atoms with Gasteiger partial charge in [-0.1, -0.05) is 109 Å². The molecule has 0 saturated carbocycles. The zero-order valence-corrected chi connectivity index (χ0v) is 29.5. The van der Waals surface area contributed by atoms with E-state index >= 15 is 0 Å². The highest BCUT2D eigenvalue weighted by molar-refractivity contribution is 8.02. The third-order valence-corrected chi connectivity index (χ3v) is 12.3. The molecule has 1 aromatic heterocycles. The lowest BCUT2D eigenvalue weighted by Gasteiger charge is -2.40. The summed E-state index contributed by atoms with van der Waals surface area (Å²) in [6, 6.07) is 19.6. The SMILES string of the molecule is CC1=C(SCc2ccc(Cl)c(-c3n[nH][n+]4c3C4C)c2)CC(c2cccc(F)c2)C(C)C(C(C)(C)c2ccc(Cl)c(Cl)c2)=CC1C. The molecule has 4 atom stereocenters. The van der Waals surface area contributed by atoms with Crippen molar-refractivity contribution in [3.63, 3.8) is 0 Å². The van der Waals surface area contributed by atoms with E-state index in [1.165, 1.54) is 33.4 Å². The maximum atomic E-state index is 14.7. The van der Waals surface area contributed by atoms with Gasteiger partial charge in [-0.15, -0.1) is 16.4 Å². The van der Waals surface area contributed by atoms with Gasteiger partial charge in [-0.2, -0.15) is 0 Å². The second kappa shape index (κ2) is 12.6. The minimum Gasteiger partial charge on any atom is -0.207 e. The quantitative estimate of drug-likeness (QED) is 0.156. The number of hydrogen-bond donors (Lipinski definition) is 1. The number of fused-ring (bicyclic) bond motifs is 1. The minimum atomic E-state index is -0.317. The summed E-state index contributed by atoms with van der Waals surface area (Å²) in [4.78, 5) is 1.35. The molecular formula is C37H38Cl3FN3S+.